The van der Waals surface area contributed by atoms with Crippen LogP contribution in [0, 0.1) is 6.92 Å². The molecule has 0 aliphatic carbocycles. The number of hydrogen-bond acceptors (Lipinski definition) is 4. The van der Waals surface area contributed by atoms with E-state index in [4.69, 9.17) is 0 Å². The third-order valence-electron chi connectivity index (χ3n) is 3.65. The third kappa shape index (κ3) is 5.63. The second-order valence-electron chi connectivity index (χ2n) is 5.36. The van der Waals surface area contributed by atoms with Gasteiger partial charge in [0.05, 0.1) is 11.3 Å². The van der Waals surface area contributed by atoms with E-state index in [1.807, 2.05) is 19.1 Å². The summed E-state index contributed by atoms with van der Waals surface area (Å²) < 4.78 is 2.14. The monoisotopic (exact) mass is 563 g/mol. The summed E-state index contributed by atoms with van der Waals surface area (Å²) in [5.41, 5.74) is 3.44. The molecule has 0 atom stereocenters. The molecular weight excluding hydrogens is 544 g/mol. The zero-order valence-electron chi connectivity index (χ0n) is 13.8. The molecule has 2 aromatic carbocycles. The number of carbonyl (C=O) groups is 1. The fourth-order valence-corrected chi connectivity index (χ4v) is 3.54. The number of carboxylic acids is 1. The molecule has 1 N–H and O–H groups in total. The Morgan fingerprint density at radius 3 is 2.28 bits per heavy atom. The Morgan fingerprint density at radius 1 is 1.04 bits per heavy atom. The number of rotatable bonds is 8. The fraction of sp³-hybridized carbons (Fsp3) is 0.278. The highest BCUT2D eigenvalue weighted by atomic mass is 127. The van der Waals surface area contributed by atoms with Gasteiger partial charge in [0.25, 0.3) is 0 Å². The van der Waals surface area contributed by atoms with E-state index in [9.17, 15) is 9.90 Å². The first kappa shape index (κ1) is 20.1. The minimum absolute atomic E-state index is 0.149. The number of hydrogen-bond donors (Lipinski definition) is 1. The van der Waals surface area contributed by atoms with Crippen molar-refractivity contribution in [1.82, 2.24) is 0 Å². The van der Waals surface area contributed by atoms with Gasteiger partial charge in [-0.3, -0.25) is 0 Å². The molecular formula is C18H19I2N3O2. The van der Waals surface area contributed by atoms with Gasteiger partial charge in [0.1, 0.15) is 5.69 Å². The van der Waals surface area contributed by atoms with Crippen LogP contribution in [0.5, 0.6) is 0 Å². The molecule has 0 fully saturated rings. The summed E-state index contributed by atoms with van der Waals surface area (Å²) in [5, 5.41) is 17.6. The Morgan fingerprint density at radius 2 is 1.68 bits per heavy atom. The van der Waals surface area contributed by atoms with Crippen molar-refractivity contribution in [1.29, 1.82) is 0 Å². The first-order valence-electron chi connectivity index (χ1n) is 7.78. The molecule has 0 unspecified atom stereocenters. The maximum atomic E-state index is 11.2. The van der Waals surface area contributed by atoms with E-state index in [-0.39, 0.29) is 5.56 Å². The normalized spacial score (nSPS) is 11.0. The molecule has 0 bridgehead atoms. The van der Waals surface area contributed by atoms with Crippen molar-refractivity contribution in [3.05, 3.63) is 53.6 Å². The Kier molecular flexibility index (Phi) is 8.07. The molecule has 132 valence electrons. The summed E-state index contributed by atoms with van der Waals surface area (Å²) in [6, 6.07) is 12.7. The van der Waals surface area contributed by atoms with E-state index in [0.29, 0.717) is 5.69 Å². The van der Waals surface area contributed by atoms with Crippen molar-refractivity contribution in [2.24, 2.45) is 10.2 Å². The molecule has 0 heterocycles. The third-order valence-corrected chi connectivity index (χ3v) is 4.62. The minimum atomic E-state index is -1.00. The van der Waals surface area contributed by atoms with E-state index < -0.39 is 5.97 Å². The van der Waals surface area contributed by atoms with Crippen molar-refractivity contribution in [3.8, 4) is 0 Å². The number of aromatic carboxylic acids is 1. The zero-order valence-corrected chi connectivity index (χ0v) is 18.1. The lowest BCUT2D eigenvalue weighted by atomic mass is 10.1. The Labute approximate surface area is 174 Å². The van der Waals surface area contributed by atoms with Crippen molar-refractivity contribution in [3.63, 3.8) is 0 Å². The van der Waals surface area contributed by atoms with Crippen molar-refractivity contribution < 1.29 is 9.90 Å². The second kappa shape index (κ2) is 10.0. The van der Waals surface area contributed by atoms with Gasteiger partial charge in [0.15, 0.2) is 0 Å². The quantitative estimate of drug-likeness (QED) is 0.252. The molecule has 7 heteroatoms. The lowest BCUT2D eigenvalue weighted by molar-refractivity contribution is 0.0698. The number of carboxylic acid groups (broad SMARTS) is 1. The number of nitrogens with zero attached hydrogens (tertiary/aromatic N) is 3. The average Bonchev–Trinajstić information content (AvgIpc) is 2.60. The number of anilines is 1. The molecule has 2 rings (SSSR count). The predicted octanol–water partition coefficient (Wildman–Crippen LogP) is 5.79. The van der Waals surface area contributed by atoms with Crippen LogP contribution in [0.3, 0.4) is 0 Å². The number of benzene rings is 2. The summed E-state index contributed by atoms with van der Waals surface area (Å²) in [6.07, 6.45) is 0. The van der Waals surface area contributed by atoms with Gasteiger partial charge in [-0.2, -0.15) is 5.11 Å². The second-order valence-corrected chi connectivity index (χ2v) is 7.52. The largest absolute Gasteiger partial charge is 0.478 e. The molecule has 0 radical (unpaired) electrons. The standard InChI is InChI=1S/C18H19I2N3O2/c1-13-12-14(23(10-8-19)11-9-20)6-7-16(13)21-22-17-5-3-2-4-15(17)18(24)25/h2-7,12H,8-11H2,1H3,(H,24,25). The van der Waals surface area contributed by atoms with Crippen LogP contribution in [0.4, 0.5) is 17.1 Å². The van der Waals surface area contributed by atoms with Gasteiger partial charge in [-0.05, 0) is 42.8 Å². The highest BCUT2D eigenvalue weighted by molar-refractivity contribution is 14.1. The first-order valence-corrected chi connectivity index (χ1v) is 10.8. The van der Waals surface area contributed by atoms with E-state index in [0.717, 1.165) is 33.2 Å². The SMILES string of the molecule is Cc1cc(N(CCI)CCI)ccc1N=Nc1ccccc1C(=O)O. The molecule has 0 spiro atoms. The molecule has 2 aromatic rings. The number of azo groups is 1. The Balaban J connectivity index is 2.25. The highest BCUT2D eigenvalue weighted by Gasteiger charge is 2.09. The van der Waals surface area contributed by atoms with E-state index >= 15 is 0 Å². The molecule has 0 amide bonds. The van der Waals surface area contributed by atoms with Crippen LogP contribution in [0.25, 0.3) is 0 Å². The van der Waals surface area contributed by atoms with Gasteiger partial charge in [0, 0.05) is 27.6 Å². The van der Waals surface area contributed by atoms with Gasteiger partial charge >= 0.3 is 5.97 Å². The molecule has 0 aliphatic heterocycles. The summed E-state index contributed by atoms with van der Waals surface area (Å²) >= 11 is 4.77. The summed E-state index contributed by atoms with van der Waals surface area (Å²) in [7, 11) is 0. The van der Waals surface area contributed by atoms with Gasteiger partial charge in [-0.25, -0.2) is 4.79 Å². The molecule has 0 aromatic heterocycles. The van der Waals surface area contributed by atoms with E-state index in [1.165, 1.54) is 11.8 Å². The highest BCUT2D eigenvalue weighted by Crippen LogP contribution is 2.28. The van der Waals surface area contributed by atoms with Crippen molar-refractivity contribution in [2.45, 2.75) is 6.92 Å². The molecule has 5 nitrogen and oxygen atoms in total. The molecule has 0 saturated carbocycles. The zero-order chi connectivity index (χ0) is 18.2. The Bertz CT molecular complexity index is 760. The van der Waals surface area contributed by atoms with Crippen LogP contribution >= 0.6 is 45.2 Å². The Hall–Kier alpha value is -1.23. The topological polar surface area (TPSA) is 65.3 Å². The smallest absolute Gasteiger partial charge is 0.337 e. The summed E-state index contributed by atoms with van der Waals surface area (Å²) in [5.74, 6) is -1.00. The van der Waals surface area contributed by atoms with Crippen LogP contribution in [-0.2, 0) is 0 Å². The summed E-state index contributed by atoms with van der Waals surface area (Å²) in [6.45, 7) is 4.01. The van der Waals surface area contributed by atoms with Crippen molar-refractivity contribution >= 4 is 68.2 Å². The lowest BCUT2D eigenvalue weighted by Crippen LogP contribution is -2.27. The van der Waals surface area contributed by atoms with E-state index in [1.54, 1.807) is 18.2 Å². The number of alkyl halides is 2. The predicted molar refractivity (Wildman–Crippen MR) is 119 cm³/mol. The van der Waals surface area contributed by atoms with Gasteiger partial charge in [-0.1, -0.05) is 57.3 Å². The molecule has 25 heavy (non-hydrogen) atoms. The maximum absolute atomic E-state index is 11.2. The van der Waals surface area contributed by atoms with Crippen molar-refractivity contribution in [2.75, 3.05) is 26.8 Å². The van der Waals surface area contributed by atoms with Gasteiger partial charge in [0.2, 0.25) is 0 Å². The maximum Gasteiger partial charge on any atom is 0.337 e. The first-order chi connectivity index (χ1) is 12.1. The fourth-order valence-electron chi connectivity index (χ4n) is 2.37. The van der Waals surface area contributed by atoms with Crippen LogP contribution in [0.15, 0.2) is 52.7 Å². The molecule has 0 saturated heterocycles. The summed E-state index contributed by atoms with van der Waals surface area (Å²) in [4.78, 5) is 13.6. The average molecular weight is 563 g/mol. The lowest BCUT2D eigenvalue weighted by Gasteiger charge is -2.23. The number of aryl methyl sites for hydroxylation is 1. The van der Waals surface area contributed by atoms with Crippen LogP contribution in [-0.4, -0.2) is 33.0 Å². The van der Waals surface area contributed by atoms with Crippen LogP contribution < -0.4 is 4.90 Å². The van der Waals surface area contributed by atoms with Gasteiger partial charge in [-0.15, -0.1) is 5.11 Å². The van der Waals surface area contributed by atoms with E-state index in [2.05, 4.69) is 66.4 Å². The van der Waals surface area contributed by atoms with Crippen LogP contribution in [0.1, 0.15) is 15.9 Å². The minimum Gasteiger partial charge on any atom is -0.478 e. The van der Waals surface area contributed by atoms with Crippen LogP contribution in [0.2, 0.25) is 0 Å². The number of halogens is 2. The van der Waals surface area contributed by atoms with Gasteiger partial charge < -0.3 is 10.0 Å². The molecule has 0 aliphatic rings.